The van der Waals surface area contributed by atoms with Gasteiger partial charge in [-0.25, -0.2) is 0 Å². The largest absolute Gasteiger partial charge is 0.497 e. The maximum atomic E-state index is 14.1. The topological polar surface area (TPSA) is 72.6 Å². The van der Waals surface area contributed by atoms with Gasteiger partial charge < -0.3 is 24.5 Å². The first kappa shape index (κ1) is 24.8. The number of carbonyl (C=O) groups excluding carboxylic acids is 1. The number of thioether (sulfide) groups is 1. The highest BCUT2D eigenvalue weighted by molar-refractivity contribution is 7.98. The molecule has 0 fully saturated rings. The lowest BCUT2D eigenvalue weighted by molar-refractivity contribution is 0.0970. The lowest BCUT2D eigenvalue weighted by atomic mass is 9.95. The summed E-state index contributed by atoms with van der Waals surface area (Å²) in [5.74, 6) is 1.86. The Morgan fingerprint density at radius 3 is 2.46 bits per heavy atom. The van der Waals surface area contributed by atoms with Crippen LogP contribution < -0.4 is 19.5 Å². The normalized spacial score (nSPS) is 11.8. The van der Waals surface area contributed by atoms with Gasteiger partial charge in [0.1, 0.15) is 23.3 Å². The second kappa shape index (κ2) is 10.5. The van der Waals surface area contributed by atoms with Gasteiger partial charge in [0.05, 0.1) is 26.8 Å². The minimum absolute atomic E-state index is 0.116. The van der Waals surface area contributed by atoms with E-state index >= 15 is 0 Å². The molecule has 0 spiro atoms. The fourth-order valence-electron chi connectivity index (χ4n) is 4.17. The second-order valence-corrected chi connectivity index (χ2v) is 9.26. The van der Waals surface area contributed by atoms with Crippen LogP contribution in [0.15, 0.2) is 59.6 Å². The molecule has 0 saturated carbocycles. The Balaban J connectivity index is 1.85. The molecule has 4 rings (SSSR count). The summed E-state index contributed by atoms with van der Waals surface area (Å²) >= 11 is 7.82. The second-order valence-electron chi connectivity index (χ2n) is 7.95. The zero-order valence-electron chi connectivity index (χ0n) is 20.2. The number of aromatic nitrogens is 1. The maximum Gasteiger partial charge on any atom is 0.191 e. The molecule has 0 bridgehead atoms. The molecule has 3 aromatic carbocycles. The third kappa shape index (κ3) is 4.92. The average molecular weight is 511 g/mol. The summed E-state index contributed by atoms with van der Waals surface area (Å²) in [4.78, 5) is 18.4. The number of fused-ring (bicyclic) bond motifs is 1. The Kier molecular flexibility index (Phi) is 7.48. The molecule has 0 radical (unpaired) electrons. The van der Waals surface area contributed by atoms with Crippen LogP contribution in [-0.2, 0) is 0 Å². The van der Waals surface area contributed by atoms with Gasteiger partial charge in [-0.2, -0.15) is 0 Å². The predicted octanol–water partition coefficient (Wildman–Crippen LogP) is 6.91. The van der Waals surface area contributed by atoms with Gasteiger partial charge in [-0.1, -0.05) is 17.7 Å². The molecule has 1 unspecified atom stereocenters. The van der Waals surface area contributed by atoms with Crippen LogP contribution in [0.2, 0.25) is 5.02 Å². The SMILES string of the molecule is COc1cc(NC(C(=O)c2c[nH]c3c(C)c(OC)ccc23)c2ccc(Cl)cc2OC)cc(SC)c1. The van der Waals surface area contributed by atoms with E-state index in [0.29, 0.717) is 27.6 Å². The van der Waals surface area contributed by atoms with Crippen LogP contribution in [0.25, 0.3) is 10.9 Å². The van der Waals surface area contributed by atoms with Crippen molar-refractivity contribution < 1.29 is 19.0 Å². The Morgan fingerprint density at radius 1 is 1.00 bits per heavy atom. The number of halogens is 1. The molecule has 6 nitrogen and oxygen atoms in total. The summed E-state index contributed by atoms with van der Waals surface area (Å²) in [5.41, 5.74) is 3.79. The van der Waals surface area contributed by atoms with E-state index in [9.17, 15) is 4.79 Å². The van der Waals surface area contributed by atoms with Gasteiger partial charge in [0.2, 0.25) is 0 Å². The lowest BCUT2D eigenvalue weighted by Gasteiger charge is -2.22. The van der Waals surface area contributed by atoms with Crippen molar-refractivity contribution in [3.63, 3.8) is 0 Å². The van der Waals surface area contributed by atoms with Crippen molar-refractivity contribution >= 4 is 45.7 Å². The number of ether oxygens (including phenoxy) is 3. The molecule has 0 amide bonds. The summed E-state index contributed by atoms with van der Waals surface area (Å²) in [5, 5.41) is 4.77. The number of hydrogen-bond donors (Lipinski definition) is 2. The first-order valence-corrected chi connectivity index (χ1v) is 12.5. The number of Topliss-reactive ketones (excluding diaryl/α,β-unsaturated/α-hetero) is 1. The van der Waals surface area contributed by atoms with Crippen LogP contribution in [0.1, 0.15) is 27.5 Å². The molecular formula is C27H27ClN2O4S. The zero-order valence-corrected chi connectivity index (χ0v) is 21.8. The molecule has 0 saturated heterocycles. The summed E-state index contributed by atoms with van der Waals surface area (Å²) in [6.07, 6.45) is 3.74. The van der Waals surface area contributed by atoms with Crippen molar-refractivity contribution in [3.8, 4) is 17.2 Å². The number of ketones is 1. The Bertz CT molecular complexity index is 1360. The molecule has 8 heteroatoms. The quantitative estimate of drug-likeness (QED) is 0.188. The molecular weight excluding hydrogens is 484 g/mol. The van der Waals surface area contributed by atoms with Gasteiger partial charge in [0, 0.05) is 49.9 Å². The van der Waals surface area contributed by atoms with Gasteiger partial charge in [-0.3, -0.25) is 4.79 Å². The van der Waals surface area contributed by atoms with Crippen molar-refractivity contribution in [1.82, 2.24) is 4.98 Å². The zero-order chi connectivity index (χ0) is 25.1. The van der Waals surface area contributed by atoms with E-state index in [-0.39, 0.29) is 5.78 Å². The summed E-state index contributed by atoms with van der Waals surface area (Å²) in [6.45, 7) is 1.96. The standard InChI is InChI=1S/C27H27ClN2O4S/c1-15-23(33-3)9-8-20-22(14-29-25(15)20)27(31)26(21-7-6-16(28)10-24(21)34-4)30-17-11-18(32-2)13-19(12-17)35-5/h6-14,26,29-30H,1-5H3. The fourth-order valence-corrected chi connectivity index (χ4v) is 4.81. The smallest absolute Gasteiger partial charge is 0.191 e. The minimum Gasteiger partial charge on any atom is -0.497 e. The van der Waals surface area contributed by atoms with Gasteiger partial charge >= 0.3 is 0 Å². The van der Waals surface area contributed by atoms with Crippen molar-refractivity contribution in [2.75, 3.05) is 32.9 Å². The number of hydrogen-bond acceptors (Lipinski definition) is 6. The number of methoxy groups -OCH3 is 3. The number of nitrogens with one attached hydrogen (secondary N) is 2. The number of anilines is 1. The third-order valence-electron chi connectivity index (χ3n) is 5.98. The molecule has 0 aliphatic carbocycles. The van der Waals surface area contributed by atoms with Crippen molar-refractivity contribution in [2.24, 2.45) is 0 Å². The summed E-state index contributed by atoms with van der Waals surface area (Å²) in [7, 11) is 4.82. The van der Waals surface area contributed by atoms with Crippen molar-refractivity contribution in [1.29, 1.82) is 0 Å². The maximum absolute atomic E-state index is 14.1. The van der Waals surface area contributed by atoms with E-state index in [1.54, 1.807) is 51.4 Å². The van der Waals surface area contributed by atoms with Gasteiger partial charge in [0.25, 0.3) is 0 Å². The first-order chi connectivity index (χ1) is 16.9. The van der Waals surface area contributed by atoms with Crippen LogP contribution in [0, 0.1) is 6.92 Å². The van der Waals surface area contributed by atoms with Crippen molar-refractivity contribution in [2.45, 2.75) is 17.9 Å². The number of aromatic amines is 1. The summed E-state index contributed by atoms with van der Waals surface area (Å²) in [6, 6.07) is 14.1. The Labute approximate surface area is 213 Å². The van der Waals surface area contributed by atoms with E-state index < -0.39 is 6.04 Å². The van der Waals surface area contributed by atoms with Crippen LogP contribution in [-0.4, -0.2) is 38.4 Å². The molecule has 182 valence electrons. The first-order valence-electron chi connectivity index (χ1n) is 10.9. The lowest BCUT2D eigenvalue weighted by Crippen LogP contribution is -2.22. The van der Waals surface area contributed by atoms with E-state index in [1.165, 1.54) is 0 Å². The molecule has 1 heterocycles. The highest BCUT2D eigenvalue weighted by atomic mass is 35.5. The van der Waals surface area contributed by atoms with Crippen LogP contribution >= 0.6 is 23.4 Å². The van der Waals surface area contributed by atoms with E-state index in [0.717, 1.165) is 32.8 Å². The molecule has 0 aliphatic heterocycles. The van der Waals surface area contributed by atoms with E-state index in [1.807, 2.05) is 49.6 Å². The van der Waals surface area contributed by atoms with Gasteiger partial charge in [-0.15, -0.1) is 11.8 Å². The van der Waals surface area contributed by atoms with E-state index in [2.05, 4.69) is 10.3 Å². The Hall–Kier alpha value is -3.29. The van der Waals surface area contributed by atoms with Crippen LogP contribution in [0.4, 0.5) is 5.69 Å². The number of aryl methyl sites for hydroxylation is 1. The molecule has 1 atom stereocenters. The molecule has 4 aromatic rings. The highest BCUT2D eigenvalue weighted by Gasteiger charge is 2.28. The summed E-state index contributed by atoms with van der Waals surface area (Å²) < 4.78 is 16.5. The molecule has 1 aromatic heterocycles. The third-order valence-corrected chi connectivity index (χ3v) is 6.93. The Morgan fingerprint density at radius 2 is 1.77 bits per heavy atom. The molecule has 35 heavy (non-hydrogen) atoms. The van der Waals surface area contributed by atoms with Gasteiger partial charge in [0.15, 0.2) is 5.78 Å². The molecule has 2 N–H and O–H groups in total. The number of carbonyl (C=O) groups is 1. The fraction of sp³-hybridized carbons (Fsp3) is 0.222. The van der Waals surface area contributed by atoms with Crippen LogP contribution in [0.5, 0.6) is 17.2 Å². The molecule has 0 aliphatic rings. The highest BCUT2D eigenvalue weighted by Crippen LogP contribution is 2.37. The average Bonchev–Trinajstić information content (AvgIpc) is 3.32. The monoisotopic (exact) mass is 510 g/mol. The van der Waals surface area contributed by atoms with Gasteiger partial charge in [-0.05, 0) is 49.6 Å². The predicted molar refractivity (Wildman–Crippen MR) is 143 cm³/mol. The number of rotatable bonds is 9. The van der Waals surface area contributed by atoms with Crippen LogP contribution in [0.3, 0.4) is 0 Å². The number of benzene rings is 3. The van der Waals surface area contributed by atoms with E-state index in [4.69, 9.17) is 25.8 Å². The minimum atomic E-state index is -0.745. The van der Waals surface area contributed by atoms with Crippen molar-refractivity contribution in [3.05, 3.63) is 76.4 Å². The number of H-pyrrole nitrogens is 1.